The SMILES string of the molecule is CS(=O)(=O)c1cnn(Cc2ccc(N)cc2)c1. The van der Waals surface area contributed by atoms with Crippen molar-refractivity contribution in [2.75, 3.05) is 12.0 Å². The van der Waals surface area contributed by atoms with Crippen LogP contribution in [-0.2, 0) is 16.4 Å². The molecule has 0 saturated heterocycles. The molecule has 0 aliphatic rings. The number of anilines is 1. The first-order chi connectivity index (χ1) is 7.95. The maximum Gasteiger partial charge on any atom is 0.178 e. The van der Waals surface area contributed by atoms with Gasteiger partial charge >= 0.3 is 0 Å². The summed E-state index contributed by atoms with van der Waals surface area (Å²) in [5, 5.41) is 4.01. The van der Waals surface area contributed by atoms with Crippen molar-refractivity contribution in [3.05, 3.63) is 42.2 Å². The number of nitrogens with zero attached hydrogens (tertiary/aromatic N) is 2. The molecule has 5 nitrogen and oxygen atoms in total. The van der Waals surface area contributed by atoms with Gasteiger partial charge in [0.1, 0.15) is 4.90 Å². The smallest absolute Gasteiger partial charge is 0.178 e. The number of aromatic nitrogens is 2. The van der Waals surface area contributed by atoms with Crippen molar-refractivity contribution in [3.8, 4) is 0 Å². The van der Waals surface area contributed by atoms with E-state index in [1.165, 1.54) is 12.4 Å². The van der Waals surface area contributed by atoms with Crippen LogP contribution < -0.4 is 5.73 Å². The van der Waals surface area contributed by atoms with E-state index < -0.39 is 9.84 Å². The first kappa shape index (κ1) is 11.7. The Kier molecular flexibility index (Phi) is 2.89. The molecule has 1 heterocycles. The van der Waals surface area contributed by atoms with E-state index in [-0.39, 0.29) is 4.90 Å². The Balaban J connectivity index is 2.20. The van der Waals surface area contributed by atoms with Crippen LogP contribution in [0.25, 0.3) is 0 Å². The summed E-state index contributed by atoms with van der Waals surface area (Å²) in [6.45, 7) is 0.524. The van der Waals surface area contributed by atoms with E-state index in [4.69, 9.17) is 5.73 Å². The van der Waals surface area contributed by atoms with E-state index in [2.05, 4.69) is 5.10 Å². The summed E-state index contributed by atoms with van der Waals surface area (Å²) in [7, 11) is -3.18. The molecule has 0 amide bonds. The second-order valence-electron chi connectivity index (χ2n) is 3.89. The molecule has 0 radical (unpaired) electrons. The van der Waals surface area contributed by atoms with Gasteiger partial charge in [-0.15, -0.1) is 0 Å². The van der Waals surface area contributed by atoms with Crippen LogP contribution in [0.4, 0.5) is 5.69 Å². The summed E-state index contributed by atoms with van der Waals surface area (Å²) in [4.78, 5) is 0.230. The normalized spacial score (nSPS) is 11.6. The Labute approximate surface area is 99.8 Å². The van der Waals surface area contributed by atoms with E-state index in [9.17, 15) is 8.42 Å². The number of hydrogen-bond donors (Lipinski definition) is 1. The molecule has 6 heteroatoms. The highest BCUT2D eigenvalue weighted by Crippen LogP contribution is 2.10. The average molecular weight is 251 g/mol. The largest absolute Gasteiger partial charge is 0.399 e. The summed E-state index contributed by atoms with van der Waals surface area (Å²) in [6.07, 6.45) is 4.04. The molecule has 2 aromatic rings. The van der Waals surface area contributed by atoms with Gasteiger partial charge in [0.15, 0.2) is 9.84 Å². The summed E-state index contributed by atoms with van der Waals surface area (Å²) in [5.74, 6) is 0. The maximum absolute atomic E-state index is 11.3. The average Bonchev–Trinajstić information content (AvgIpc) is 2.69. The molecule has 1 aromatic heterocycles. The van der Waals surface area contributed by atoms with E-state index >= 15 is 0 Å². The zero-order chi connectivity index (χ0) is 12.5. The molecular weight excluding hydrogens is 238 g/mol. The highest BCUT2D eigenvalue weighted by Gasteiger charge is 2.09. The van der Waals surface area contributed by atoms with Crippen LogP contribution in [0.1, 0.15) is 5.56 Å². The number of nitrogen functional groups attached to an aromatic ring is 1. The molecule has 90 valence electrons. The maximum atomic E-state index is 11.3. The van der Waals surface area contributed by atoms with E-state index in [1.54, 1.807) is 16.8 Å². The fraction of sp³-hybridized carbons (Fsp3) is 0.182. The predicted molar refractivity (Wildman–Crippen MR) is 65.3 cm³/mol. The van der Waals surface area contributed by atoms with Crippen molar-refractivity contribution in [1.82, 2.24) is 9.78 Å². The topological polar surface area (TPSA) is 78.0 Å². The number of nitrogens with two attached hydrogens (primary N) is 1. The highest BCUT2D eigenvalue weighted by atomic mass is 32.2. The van der Waals surface area contributed by atoms with Crippen molar-refractivity contribution in [1.29, 1.82) is 0 Å². The summed E-state index contributed by atoms with van der Waals surface area (Å²) >= 11 is 0. The van der Waals surface area contributed by atoms with Crippen molar-refractivity contribution < 1.29 is 8.42 Å². The van der Waals surface area contributed by atoms with Crippen LogP contribution in [0, 0.1) is 0 Å². The van der Waals surface area contributed by atoms with E-state index in [0.717, 1.165) is 11.8 Å². The van der Waals surface area contributed by atoms with Crippen LogP contribution in [0.5, 0.6) is 0 Å². The third kappa shape index (κ3) is 2.85. The Morgan fingerprint density at radius 3 is 2.47 bits per heavy atom. The minimum absolute atomic E-state index is 0.230. The van der Waals surface area contributed by atoms with Gasteiger partial charge in [0.2, 0.25) is 0 Å². The summed E-state index contributed by atoms with van der Waals surface area (Å²) in [6, 6.07) is 7.38. The fourth-order valence-corrected chi connectivity index (χ4v) is 1.98. The molecular formula is C11H13N3O2S. The van der Waals surface area contributed by atoms with Gasteiger partial charge in [-0.3, -0.25) is 4.68 Å². The van der Waals surface area contributed by atoms with E-state index in [1.807, 2.05) is 12.1 Å². The lowest BCUT2D eigenvalue weighted by Gasteiger charge is -2.01. The zero-order valence-corrected chi connectivity index (χ0v) is 10.2. The third-order valence-electron chi connectivity index (χ3n) is 2.36. The molecule has 0 spiro atoms. The van der Waals surface area contributed by atoms with Crippen LogP contribution in [0.15, 0.2) is 41.6 Å². The molecule has 0 bridgehead atoms. The van der Waals surface area contributed by atoms with Crippen molar-refractivity contribution in [3.63, 3.8) is 0 Å². The van der Waals surface area contributed by atoms with Crippen molar-refractivity contribution >= 4 is 15.5 Å². The lowest BCUT2D eigenvalue weighted by Crippen LogP contribution is -2.00. The van der Waals surface area contributed by atoms with Gasteiger partial charge in [-0.25, -0.2) is 8.42 Å². The van der Waals surface area contributed by atoms with E-state index in [0.29, 0.717) is 12.2 Å². The molecule has 0 aliphatic carbocycles. The van der Waals surface area contributed by atoms with Crippen molar-refractivity contribution in [2.45, 2.75) is 11.4 Å². The minimum Gasteiger partial charge on any atom is -0.399 e. The Bertz CT molecular complexity index is 614. The molecule has 0 atom stereocenters. The van der Waals surface area contributed by atoms with Crippen LogP contribution >= 0.6 is 0 Å². The molecule has 2 N–H and O–H groups in total. The first-order valence-corrected chi connectivity index (χ1v) is 6.91. The number of sulfone groups is 1. The summed E-state index contributed by atoms with van der Waals surface area (Å²) < 4.78 is 24.1. The van der Waals surface area contributed by atoms with Gasteiger partial charge in [-0.05, 0) is 17.7 Å². The fourth-order valence-electron chi connectivity index (χ4n) is 1.43. The van der Waals surface area contributed by atoms with Gasteiger partial charge in [0, 0.05) is 18.1 Å². The third-order valence-corrected chi connectivity index (χ3v) is 3.43. The van der Waals surface area contributed by atoms with Gasteiger partial charge in [-0.1, -0.05) is 12.1 Å². The number of rotatable bonds is 3. The zero-order valence-electron chi connectivity index (χ0n) is 9.37. The molecule has 0 unspecified atom stereocenters. The molecule has 0 aliphatic heterocycles. The first-order valence-electron chi connectivity index (χ1n) is 5.02. The monoisotopic (exact) mass is 251 g/mol. The predicted octanol–water partition coefficient (Wildman–Crippen LogP) is 0.917. The molecule has 2 rings (SSSR count). The van der Waals surface area contributed by atoms with Gasteiger partial charge in [-0.2, -0.15) is 5.10 Å². The minimum atomic E-state index is -3.18. The lowest BCUT2D eigenvalue weighted by atomic mass is 10.2. The second kappa shape index (κ2) is 4.21. The lowest BCUT2D eigenvalue weighted by molar-refractivity contribution is 0.601. The molecule has 0 fully saturated rings. The van der Waals surface area contributed by atoms with Gasteiger partial charge in [0.05, 0.1) is 12.7 Å². The van der Waals surface area contributed by atoms with Gasteiger partial charge in [0.25, 0.3) is 0 Å². The second-order valence-corrected chi connectivity index (χ2v) is 5.90. The number of benzene rings is 1. The van der Waals surface area contributed by atoms with Crippen LogP contribution in [-0.4, -0.2) is 24.5 Å². The Morgan fingerprint density at radius 1 is 1.29 bits per heavy atom. The Morgan fingerprint density at radius 2 is 1.94 bits per heavy atom. The molecule has 0 saturated carbocycles. The standard InChI is InChI=1S/C11H13N3O2S/c1-17(15,16)11-6-13-14(8-11)7-9-2-4-10(12)5-3-9/h2-6,8H,7,12H2,1H3. The van der Waals surface area contributed by atoms with Gasteiger partial charge < -0.3 is 5.73 Å². The quantitative estimate of drug-likeness (QED) is 0.823. The molecule has 17 heavy (non-hydrogen) atoms. The van der Waals surface area contributed by atoms with Crippen molar-refractivity contribution in [2.24, 2.45) is 0 Å². The van der Waals surface area contributed by atoms with Crippen LogP contribution in [0.2, 0.25) is 0 Å². The van der Waals surface area contributed by atoms with Crippen LogP contribution in [0.3, 0.4) is 0 Å². The number of hydrogen-bond acceptors (Lipinski definition) is 4. The summed E-state index contributed by atoms with van der Waals surface area (Å²) in [5.41, 5.74) is 7.30. The molecule has 1 aromatic carbocycles. The highest BCUT2D eigenvalue weighted by molar-refractivity contribution is 7.90. The Hall–Kier alpha value is -1.82.